The zero-order chi connectivity index (χ0) is 18.5. The van der Waals surface area contributed by atoms with Crippen LogP contribution in [0, 0.1) is 6.92 Å². The first-order chi connectivity index (χ1) is 12.6. The SMILES string of the molecule is COc1ccc(CCc2n[nH]c(C)c2NC(=O)c2ccc(Cl)cc2)cc1. The van der Waals surface area contributed by atoms with E-state index in [2.05, 4.69) is 15.5 Å². The number of hydrogen-bond donors (Lipinski definition) is 2. The molecule has 0 aliphatic heterocycles. The molecule has 0 atom stereocenters. The third-order valence-electron chi connectivity index (χ3n) is 4.18. The van der Waals surface area contributed by atoms with Gasteiger partial charge in [0.25, 0.3) is 5.91 Å². The molecule has 0 spiro atoms. The van der Waals surface area contributed by atoms with E-state index >= 15 is 0 Å². The summed E-state index contributed by atoms with van der Waals surface area (Å²) in [4.78, 5) is 12.5. The second kappa shape index (κ2) is 8.06. The normalized spacial score (nSPS) is 10.6. The van der Waals surface area contributed by atoms with Gasteiger partial charge < -0.3 is 10.1 Å². The van der Waals surface area contributed by atoms with E-state index in [1.54, 1.807) is 31.4 Å². The van der Waals surface area contributed by atoms with Gasteiger partial charge in [-0.25, -0.2) is 0 Å². The average molecular weight is 370 g/mol. The van der Waals surface area contributed by atoms with Gasteiger partial charge in [0, 0.05) is 10.6 Å². The molecule has 0 unspecified atom stereocenters. The molecule has 0 saturated heterocycles. The first kappa shape index (κ1) is 18.0. The van der Waals surface area contributed by atoms with Crippen molar-refractivity contribution in [3.05, 3.63) is 76.1 Å². The molecule has 0 fully saturated rings. The number of carbonyl (C=O) groups excluding carboxylic acids is 1. The van der Waals surface area contributed by atoms with Gasteiger partial charge in [-0.2, -0.15) is 5.10 Å². The van der Waals surface area contributed by atoms with Crippen LogP contribution in [0.15, 0.2) is 48.5 Å². The van der Waals surface area contributed by atoms with Crippen LogP contribution in [0.3, 0.4) is 0 Å². The Hall–Kier alpha value is -2.79. The molecule has 1 aromatic heterocycles. The molecule has 3 rings (SSSR count). The number of carbonyl (C=O) groups is 1. The number of aromatic nitrogens is 2. The monoisotopic (exact) mass is 369 g/mol. The Morgan fingerprint density at radius 1 is 1.12 bits per heavy atom. The Bertz CT molecular complexity index is 886. The largest absolute Gasteiger partial charge is 0.497 e. The Morgan fingerprint density at radius 2 is 1.81 bits per heavy atom. The summed E-state index contributed by atoms with van der Waals surface area (Å²) in [7, 11) is 1.65. The number of halogens is 1. The minimum Gasteiger partial charge on any atom is -0.497 e. The molecular weight excluding hydrogens is 350 g/mol. The Morgan fingerprint density at radius 3 is 2.46 bits per heavy atom. The van der Waals surface area contributed by atoms with Crippen molar-refractivity contribution in [2.45, 2.75) is 19.8 Å². The summed E-state index contributed by atoms with van der Waals surface area (Å²) in [6, 6.07) is 14.7. The quantitative estimate of drug-likeness (QED) is 0.676. The zero-order valence-electron chi connectivity index (χ0n) is 14.7. The lowest BCUT2D eigenvalue weighted by molar-refractivity contribution is 0.102. The molecule has 2 N–H and O–H groups in total. The van der Waals surface area contributed by atoms with Crippen LogP contribution in [-0.4, -0.2) is 23.2 Å². The molecule has 1 heterocycles. The number of aromatic amines is 1. The molecule has 134 valence electrons. The van der Waals surface area contributed by atoms with Crippen LogP contribution < -0.4 is 10.1 Å². The van der Waals surface area contributed by atoms with Gasteiger partial charge in [0.2, 0.25) is 0 Å². The van der Waals surface area contributed by atoms with Crippen LogP contribution in [-0.2, 0) is 12.8 Å². The molecule has 5 nitrogen and oxygen atoms in total. The number of nitrogens with one attached hydrogen (secondary N) is 2. The van der Waals surface area contributed by atoms with Gasteiger partial charge in [-0.3, -0.25) is 9.89 Å². The van der Waals surface area contributed by atoms with Crippen LogP contribution >= 0.6 is 11.6 Å². The van der Waals surface area contributed by atoms with E-state index in [0.717, 1.165) is 29.2 Å². The Labute approximate surface area is 157 Å². The van der Waals surface area contributed by atoms with E-state index in [1.807, 2.05) is 31.2 Å². The Kier molecular flexibility index (Phi) is 5.58. The van der Waals surface area contributed by atoms with Crippen molar-refractivity contribution >= 4 is 23.2 Å². The van der Waals surface area contributed by atoms with E-state index in [1.165, 1.54) is 5.56 Å². The maximum Gasteiger partial charge on any atom is 0.255 e. The molecule has 0 aliphatic rings. The van der Waals surface area contributed by atoms with Gasteiger partial charge in [0.15, 0.2) is 0 Å². The fraction of sp³-hybridized carbons (Fsp3) is 0.200. The lowest BCUT2D eigenvalue weighted by Crippen LogP contribution is -2.13. The second-order valence-corrected chi connectivity index (χ2v) is 6.42. The standard InChI is InChI=1S/C20H20ClN3O2/c1-13-19(22-20(25)15-6-8-16(21)9-7-15)18(24-23-13)12-5-14-3-10-17(26-2)11-4-14/h3-4,6-11H,5,12H2,1-2H3,(H,22,25)(H,23,24). The van der Waals surface area contributed by atoms with E-state index in [0.29, 0.717) is 17.0 Å². The molecule has 0 bridgehead atoms. The summed E-state index contributed by atoms with van der Waals surface area (Å²) in [5.74, 6) is 0.650. The first-order valence-corrected chi connectivity index (χ1v) is 8.68. The minimum absolute atomic E-state index is 0.183. The zero-order valence-corrected chi connectivity index (χ0v) is 15.4. The van der Waals surface area contributed by atoms with Crippen molar-refractivity contribution < 1.29 is 9.53 Å². The number of H-pyrrole nitrogens is 1. The maximum atomic E-state index is 12.5. The topological polar surface area (TPSA) is 67.0 Å². The smallest absolute Gasteiger partial charge is 0.255 e. The van der Waals surface area contributed by atoms with Crippen molar-refractivity contribution in [1.29, 1.82) is 0 Å². The molecule has 0 aliphatic carbocycles. The van der Waals surface area contributed by atoms with Crippen LogP contribution in [0.4, 0.5) is 5.69 Å². The van der Waals surface area contributed by atoms with E-state index in [4.69, 9.17) is 16.3 Å². The van der Waals surface area contributed by atoms with Crippen LogP contribution in [0.2, 0.25) is 5.02 Å². The summed E-state index contributed by atoms with van der Waals surface area (Å²) < 4.78 is 5.17. The molecule has 6 heteroatoms. The second-order valence-electron chi connectivity index (χ2n) is 5.98. The lowest BCUT2D eigenvalue weighted by atomic mass is 10.1. The van der Waals surface area contributed by atoms with Crippen molar-refractivity contribution in [3.63, 3.8) is 0 Å². The third-order valence-corrected chi connectivity index (χ3v) is 4.43. The van der Waals surface area contributed by atoms with E-state index < -0.39 is 0 Å². The van der Waals surface area contributed by atoms with Crippen LogP contribution in [0.1, 0.15) is 27.3 Å². The first-order valence-electron chi connectivity index (χ1n) is 8.30. The number of nitrogens with zero attached hydrogens (tertiary/aromatic N) is 1. The van der Waals surface area contributed by atoms with Gasteiger partial charge in [-0.05, 0) is 61.7 Å². The minimum atomic E-state index is -0.183. The molecule has 0 radical (unpaired) electrons. The van der Waals surface area contributed by atoms with Gasteiger partial charge in [-0.15, -0.1) is 0 Å². The molecule has 1 amide bonds. The number of rotatable bonds is 6. The fourth-order valence-electron chi connectivity index (χ4n) is 2.67. The molecule has 2 aromatic carbocycles. The van der Waals surface area contributed by atoms with Crippen LogP contribution in [0.25, 0.3) is 0 Å². The fourth-order valence-corrected chi connectivity index (χ4v) is 2.79. The van der Waals surface area contributed by atoms with Gasteiger partial charge in [0.05, 0.1) is 24.2 Å². The highest BCUT2D eigenvalue weighted by Gasteiger charge is 2.14. The van der Waals surface area contributed by atoms with Crippen molar-refractivity contribution in [1.82, 2.24) is 10.2 Å². The predicted molar refractivity (Wildman–Crippen MR) is 103 cm³/mol. The Balaban J connectivity index is 1.69. The molecule has 0 saturated carbocycles. The number of aryl methyl sites for hydroxylation is 3. The van der Waals surface area contributed by atoms with Crippen molar-refractivity contribution in [3.8, 4) is 5.75 Å². The number of benzene rings is 2. The van der Waals surface area contributed by atoms with Gasteiger partial charge in [0.1, 0.15) is 5.75 Å². The molecule has 3 aromatic rings. The predicted octanol–water partition coefficient (Wildman–Crippen LogP) is 4.42. The van der Waals surface area contributed by atoms with Crippen molar-refractivity contribution in [2.75, 3.05) is 12.4 Å². The van der Waals surface area contributed by atoms with Gasteiger partial charge in [-0.1, -0.05) is 23.7 Å². The highest BCUT2D eigenvalue weighted by Crippen LogP contribution is 2.21. The molecular formula is C20H20ClN3O2. The molecule has 26 heavy (non-hydrogen) atoms. The van der Waals surface area contributed by atoms with Gasteiger partial charge >= 0.3 is 0 Å². The summed E-state index contributed by atoms with van der Waals surface area (Å²) in [6.07, 6.45) is 1.53. The number of amides is 1. The summed E-state index contributed by atoms with van der Waals surface area (Å²) in [5.41, 5.74) is 4.13. The van der Waals surface area contributed by atoms with E-state index in [-0.39, 0.29) is 5.91 Å². The van der Waals surface area contributed by atoms with E-state index in [9.17, 15) is 4.79 Å². The third kappa shape index (κ3) is 4.24. The number of ether oxygens (including phenoxy) is 1. The van der Waals surface area contributed by atoms with Crippen molar-refractivity contribution in [2.24, 2.45) is 0 Å². The highest BCUT2D eigenvalue weighted by molar-refractivity contribution is 6.30. The van der Waals surface area contributed by atoms with Crippen LogP contribution in [0.5, 0.6) is 5.75 Å². The lowest BCUT2D eigenvalue weighted by Gasteiger charge is -2.08. The highest BCUT2D eigenvalue weighted by atomic mass is 35.5. The summed E-state index contributed by atoms with van der Waals surface area (Å²) >= 11 is 5.87. The average Bonchev–Trinajstić information content (AvgIpc) is 3.00. The maximum absolute atomic E-state index is 12.5. The number of methoxy groups -OCH3 is 1. The number of hydrogen-bond acceptors (Lipinski definition) is 3. The summed E-state index contributed by atoms with van der Waals surface area (Å²) in [6.45, 7) is 1.89. The summed E-state index contributed by atoms with van der Waals surface area (Å²) in [5, 5.41) is 10.8. The number of anilines is 1.